The van der Waals surface area contributed by atoms with Crippen molar-refractivity contribution in [2.45, 2.75) is 26.2 Å². The molecule has 0 atom stereocenters. The molecule has 0 spiro atoms. The number of aldehydes is 1. The van der Waals surface area contributed by atoms with Gasteiger partial charge in [-0.25, -0.2) is 0 Å². The van der Waals surface area contributed by atoms with Crippen molar-refractivity contribution in [3.63, 3.8) is 0 Å². The number of Topliss-reactive ketones (excluding diaryl/α,β-unsaturated/α-hetero) is 1. The number of hydrogen-bond donors (Lipinski definition) is 0. The number of ether oxygens (including phenoxy) is 1. The van der Waals surface area contributed by atoms with Gasteiger partial charge in [0.2, 0.25) is 0 Å². The van der Waals surface area contributed by atoms with E-state index in [9.17, 15) is 9.59 Å². The molecule has 0 saturated carbocycles. The number of carbonyl (C=O) groups is 2. The zero-order valence-corrected chi connectivity index (χ0v) is 6.84. The highest BCUT2D eigenvalue weighted by Gasteiger charge is 1.92. The van der Waals surface area contributed by atoms with Gasteiger partial charge in [0.05, 0.1) is 6.61 Å². The molecule has 0 rings (SSSR count). The monoisotopic (exact) mass is 158 g/mol. The topological polar surface area (TPSA) is 43.4 Å². The predicted octanol–water partition coefficient (Wildman–Crippen LogP) is 0.961. The van der Waals surface area contributed by atoms with Crippen LogP contribution in [0.1, 0.15) is 26.2 Å². The van der Waals surface area contributed by atoms with Crippen molar-refractivity contribution in [3.8, 4) is 0 Å². The van der Waals surface area contributed by atoms with Crippen LogP contribution in [0.4, 0.5) is 0 Å². The van der Waals surface area contributed by atoms with Crippen molar-refractivity contribution in [3.05, 3.63) is 0 Å². The largest absolute Gasteiger partial charge is 0.381 e. The first-order valence-electron chi connectivity index (χ1n) is 3.78. The van der Waals surface area contributed by atoms with Crippen molar-refractivity contribution >= 4 is 12.1 Å². The molecule has 0 unspecified atom stereocenters. The molecule has 0 aromatic rings. The van der Waals surface area contributed by atoms with Gasteiger partial charge in [0.15, 0.2) is 0 Å². The second-order valence-corrected chi connectivity index (χ2v) is 2.37. The third-order valence-corrected chi connectivity index (χ3v) is 1.20. The second-order valence-electron chi connectivity index (χ2n) is 2.37. The number of carbonyl (C=O) groups excluding carboxylic acids is 2. The van der Waals surface area contributed by atoms with E-state index in [-0.39, 0.29) is 5.78 Å². The van der Waals surface area contributed by atoms with Crippen molar-refractivity contribution in [2.24, 2.45) is 0 Å². The van der Waals surface area contributed by atoms with Crippen molar-refractivity contribution in [1.82, 2.24) is 0 Å². The summed E-state index contributed by atoms with van der Waals surface area (Å²) in [6, 6.07) is 0. The molecule has 0 N–H and O–H groups in total. The molecule has 0 aliphatic heterocycles. The molecule has 11 heavy (non-hydrogen) atoms. The van der Waals surface area contributed by atoms with Crippen molar-refractivity contribution < 1.29 is 14.3 Å². The van der Waals surface area contributed by atoms with Crippen LogP contribution in [-0.4, -0.2) is 25.3 Å². The molecule has 3 heteroatoms. The van der Waals surface area contributed by atoms with E-state index in [1.54, 1.807) is 6.92 Å². The molecular formula is C8H14O3. The fraction of sp³-hybridized carbons (Fsp3) is 0.750. The Morgan fingerprint density at radius 2 is 2.18 bits per heavy atom. The number of hydrogen-bond acceptors (Lipinski definition) is 3. The van der Waals surface area contributed by atoms with Crippen LogP contribution < -0.4 is 0 Å². The van der Waals surface area contributed by atoms with Crippen LogP contribution in [0.25, 0.3) is 0 Å². The van der Waals surface area contributed by atoms with E-state index in [0.717, 1.165) is 12.7 Å². The Bertz CT molecular complexity index is 121. The Balaban J connectivity index is 2.90. The van der Waals surface area contributed by atoms with Crippen LogP contribution in [0, 0.1) is 0 Å². The lowest BCUT2D eigenvalue weighted by Gasteiger charge is -1.98. The van der Waals surface area contributed by atoms with E-state index in [1.165, 1.54) is 0 Å². The Morgan fingerprint density at radius 1 is 1.45 bits per heavy atom. The quantitative estimate of drug-likeness (QED) is 0.409. The highest BCUT2D eigenvalue weighted by Crippen LogP contribution is 1.91. The summed E-state index contributed by atoms with van der Waals surface area (Å²) < 4.78 is 5.04. The minimum absolute atomic E-state index is 0.184. The van der Waals surface area contributed by atoms with Crippen molar-refractivity contribution in [1.29, 1.82) is 0 Å². The van der Waals surface area contributed by atoms with E-state index in [4.69, 9.17) is 4.74 Å². The summed E-state index contributed by atoms with van der Waals surface area (Å²) in [6.45, 7) is 2.61. The van der Waals surface area contributed by atoms with E-state index in [1.807, 2.05) is 0 Å². The van der Waals surface area contributed by atoms with Gasteiger partial charge in [0.1, 0.15) is 12.1 Å². The molecule has 0 aromatic heterocycles. The lowest BCUT2D eigenvalue weighted by Crippen LogP contribution is -1.99. The van der Waals surface area contributed by atoms with E-state index in [2.05, 4.69) is 0 Å². The summed E-state index contributed by atoms with van der Waals surface area (Å²) in [6.07, 6.45) is 2.60. The summed E-state index contributed by atoms with van der Waals surface area (Å²) in [5.41, 5.74) is 0. The Hall–Kier alpha value is -0.700. The summed E-state index contributed by atoms with van der Waals surface area (Å²) >= 11 is 0. The molecular weight excluding hydrogens is 144 g/mol. The van der Waals surface area contributed by atoms with E-state index >= 15 is 0 Å². The maximum absolute atomic E-state index is 10.4. The van der Waals surface area contributed by atoms with Crippen LogP contribution in [0.15, 0.2) is 0 Å². The van der Waals surface area contributed by atoms with Crippen LogP contribution in [-0.2, 0) is 14.3 Å². The van der Waals surface area contributed by atoms with Crippen molar-refractivity contribution in [2.75, 3.05) is 13.2 Å². The lowest BCUT2D eigenvalue weighted by molar-refractivity contribution is -0.117. The van der Waals surface area contributed by atoms with Gasteiger partial charge in [0.25, 0.3) is 0 Å². The normalized spacial score (nSPS) is 9.55. The van der Waals surface area contributed by atoms with Gasteiger partial charge in [-0.3, -0.25) is 0 Å². The van der Waals surface area contributed by atoms with Gasteiger partial charge in [-0.1, -0.05) is 0 Å². The molecule has 0 saturated heterocycles. The fourth-order valence-corrected chi connectivity index (χ4v) is 0.657. The van der Waals surface area contributed by atoms with Gasteiger partial charge in [-0.2, -0.15) is 0 Å². The molecule has 0 fully saturated rings. The Kier molecular flexibility index (Phi) is 6.94. The minimum atomic E-state index is 0.184. The molecule has 64 valence electrons. The molecule has 3 nitrogen and oxygen atoms in total. The van der Waals surface area contributed by atoms with Gasteiger partial charge in [-0.05, 0) is 13.3 Å². The first kappa shape index (κ1) is 10.3. The molecule has 0 aromatic carbocycles. The first-order chi connectivity index (χ1) is 5.27. The average molecular weight is 158 g/mol. The molecule has 0 heterocycles. The molecule has 0 amide bonds. The maximum atomic E-state index is 10.4. The van der Waals surface area contributed by atoms with E-state index < -0.39 is 0 Å². The molecule has 0 radical (unpaired) electrons. The maximum Gasteiger partial charge on any atom is 0.129 e. The molecule has 0 aliphatic rings. The second kappa shape index (κ2) is 7.41. The lowest BCUT2D eigenvalue weighted by atomic mass is 10.2. The summed E-state index contributed by atoms with van der Waals surface area (Å²) in [5.74, 6) is 0.184. The number of rotatable bonds is 7. The number of ketones is 1. The summed E-state index contributed by atoms with van der Waals surface area (Å²) in [4.78, 5) is 20.2. The Labute approximate surface area is 66.7 Å². The zero-order valence-electron chi connectivity index (χ0n) is 6.84. The van der Waals surface area contributed by atoms with Crippen LogP contribution in [0.2, 0.25) is 0 Å². The summed E-state index contributed by atoms with van der Waals surface area (Å²) in [5, 5.41) is 0. The third-order valence-electron chi connectivity index (χ3n) is 1.20. The zero-order chi connectivity index (χ0) is 8.53. The minimum Gasteiger partial charge on any atom is -0.381 e. The van der Waals surface area contributed by atoms with Gasteiger partial charge in [0, 0.05) is 19.4 Å². The van der Waals surface area contributed by atoms with E-state index in [0.29, 0.717) is 26.1 Å². The predicted molar refractivity (Wildman–Crippen MR) is 41.4 cm³/mol. The molecule has 0 aliphatic carbocycles. The van der Waals surface area contributed by atoms with Crippen LogP contribution >= 0.6 is 0 Å². The summed E-state index contributed by atoms with van der Waals surface area (Å²) in [7, 11) is 0. The van der Waals surface area contributed by atoms with Gasteiger partial charge in [-0.15, -0.1) is 0 Å². The van der Waals surface area contributed by atoms with Crippen LogP contribution in [0.5, 0.6) is 0 Å². The highest BCUT2D eigenvalue weighted by atomic mass is 16.5. The standard InChI is InChI=1S/C8H14O3/c1-8(10)4-2-6-11-7-3-5-9/h5H,2-4,6-7H2,1H3. The Morgan fingerprint density at radius 3 is 2.73 bits per heavy atom. The van der Waals surface area contributed by atoms with Gasteiger partial charge >= 0.3 is 0 Å². The first-order valence-corrected chi connectivity index (χ1v) is 3.78. The molecule has 0 bridgehead atoms. The highest BCUT2D eigenvalue weighted by molar-refractivity contribution is 5.75. The third kappa shape index (κ3) is 9.30. The average Bonchev–Trinajstić information content (AvgIpc) is 1.96. The van der Waals surface area contributed by atoms with Crippen LogP contribution in [0.3, 0.4) is 0 Å². The fourth-order valence-electron chi connectivity index (χ4n) is 0.657. The SMILES string of the molecule is CC(=O)CCCOCCC=O. The smallest absolute Gasteiger partial charge is 0.129 e. The van der Waals surface area contributed by atoms with Gasteiger partial charge < -0.3 is 14.3 Å².